The predicted molar refractivity (Wildman–Crippen MR) is 75.6 cm³/mol. The number of hydrogen-bond donors (Lipinski definition) is 1. The number of nitro groups is 1. The van der Waals surface area contributed by atoms with Crippen molar-refractivity contribution in [2.24, 2.45) is 7.05 Å². The van der Waals surface area contributed by atoms with E-state index in [1.165, 1.54) is 0 Å². The molecule has 9 nitrogen and oxygen atoms in total. The maximum Gasteiger partial charge on any atom is 0.349 e. The zero-order chi connectivity index (χ0) is 15.6. The lowest BCUT2D eigenvalue weighted by Crippen LogP contribution is -2.05. The first-order valence-electron chi connectivity index (χ1n) is 6.37. The van der Waals surface area contributed by atoms with Gasteiger partial charge in [0.05, 0.1) is 10.6 Å². The quantitative estimate of drug-likeness (QED) is 0.662. The van der Waals surface area contributed by atoms with Gasteiger partial charge in [-0.1, -0.05) is 0 Å². The second kappa shape index (κ2) is 5.73. The third kappa shape index (κ3) is 2.91. The lowest BCUT2D eigenvalue weighted by molar-refractivity contribution is -0.386. The fourth-order valence-electron chi connectivity index (χ4n) is 1.80. The Hall–Kier alpha value is -2.71. The summed E-state index contributed by atoms with van der Waals surface area (Å²) in [6, 6.07) is 0. The van der Waals surface area contributed by atoms with Crippen molar-refractivity contribution < 1.29 is 9.66 Å². The highest BCUT2D eigenvalue weighted by molar-refractivity contribution is 5.46. The molecule has 0 spiro atoms. The van der Waals surface area contributed by atoms with Crippen LogP contribution in [0.3, 0.4) is 0 Å². The summed E-state index contributed by atoms with van der Waals surface area (Å²) >= 11 is 0. The molecule has 0 saturated heterocycles. The first kappa shape index (κ1) is 14.7. The van der Waals surface area contributed by atoms with Crippen molar-refractivity contribution in [1.29, 1.82) is 0 Å². The fourth-order valence-corrected chi connectivity index (χ4v) is 1.80. The highest BCUT2D eigenvalue weighted by Crippen LogP contribution is 2.32. The Morgan fingerprint density at radius 1 is 1.48 bits per heavy atom. The van der Waals surface area contributed by atoms with Gasteiger partial charge in [-0.15, -0.1) is 0 Å². The van der Waals surface area contributed by atoms with Gasteiger partial charge in [-0.25, -0.2) is 4.98 Å². The lowest BCUT2D eigenvalue weighted by atomic mass is 10.3. The highest BCUT2D eigenvalue weighted by atomic mass is 16.6. The van der Waals surface area contributed by atoms with Crippen LogP contribution in [-0.4, -0.2) is 31.2 Å². The first-order chi connectivity index (χ1) is 9.93. The number of aromatic nitrogens is 4. The van der Waals surface area contributed by atoms with Crippen LogP contribution in [-0.2, 0) is 7.05 Å². The van der Waals surface area contributed by atoms with E-state index >= 15 is 0 Å². The molecule has 2 aromatic heterocycles. The van der Waals surface area contributed by atoms with Gasteiger partial charge in [0.25, 0.3) is 0 Å². The van der Waals surface area contributed by atoms with Crippen LogP contribution in [0.2, 0.25) is 0 Å². The zero-order valence-electron chi connectivity index (χ0n) is 12.2. The average molecular weight is 292 g/mol. The molecule has 1 N–H and O–H groups in total. The van der Waals surface area contributed by atoms with Crippen molar-refractivity contribution >= 4 is 11.6 Å². The number of aryl methyl sites for hydroxylation is 2. The molecule has 2 heterocycles. The summed E-state index contributed by atoms with van der Waals surface area (Å²) in [5.41, 5.74) is 1.10. The summed E-state index contributed by atoms with van der Waals surface area (Å²) in [6.07, 6.45) is 1.13. The summed E-state index contributed by atoms with van der Waals surface area (Å²) in [5, 5.41) is 18.2. The summed E-state index contributed by atoms with van der Waals surface area (Å²) in [6.45, 7) is 6.05. The van der Waals surface area contributed by atoms with Gasteiger partial charge >= 0.3 is 11.6 Å². The number of anilines is 1. The van der Waals surface area contributed by atoms with Crippen molar-refractivity contribution in [3.8, 4) is 11.6 Å². The molecule has 0 unspecified atom stereocenters. The van der Waals surface area contributed by atoms with Crippen molar-refractivity contribution in [2.45, 2.75) is 20.8 Å². The molecule has 0 aromatic carbocycles. The molecule has 0 aliphatic rings. The molecule has 112 valence electrons. The van der Waals surface area contributed by atoms with E-state index in [-0.39, 0.29) is 17.5 Å². The van der Waals surface area contributed by atoms with Crippen LogP contribution in [0, 0.1) is 24.0 Å². The van der Waals surface area contributed by atoms with Crippen LogP contribution < -0.4 is 10.1 Å². The normalized spacial score (nSPS) is 10.5. The minimum atomic E-state index is -0.577. The minimum absolute atomic E-state index is 0.106. The molecule has 2 aromatic rings. The van der Waals surface area contributed by atoms with E-state index in [1.807, 2.05) is 13.8 Å². The maximum atomic E-state index is 11.1. The number of rotatable bonds is 5. The topological polar surface area (TPSA) is 108 Å². The van der Waals surface area contributed by atoms with Crippen LogP contribution in [0.1, 0.15) is 18.3 Å². The van der Waals surface area contributed by atoms with Gasteiger partial charge in [0.2, 0.25) is 5.95 Å². The number of hydrogen-bond acceptors (Lipinski definition) is 7. The van der Waals surface area contributed by atoms with Gasteiger partial charge in [0.15, 0.2) is 5.75 Å². The van der Waals surface area contributed by atoms with Crippen molar-refractivity contribution in [3.63, 3.8) is 0 Å². The van der Waals surface area contributed by atoms with E-state index in [0.717, 1.165) is 11.9 Å². The van der Waals surface area contributed by atoms with Crippen LogP contribution >= 0.6 is 0 Å². The van der Waals surface area contributed by atoms with E-state index in [4.69, 9.17) is 4.74 Å². The third-order valence-corrected chi connectivity index (χ3v) is 2.91. The number of nitrogens with one attached hydrogen (secondary N) is 1. The van der Waals surface area contributed by atoms with E-state index in [9.17, 15) is 10.1 Å². The molecule has 0 aliphatic carbocycles. The van der Waals surface area contributed by atoms with Gasteiger partial charge < -0.3 is 10.1 Å². The van der Waals surface area contributed by atoms with E-state index in [2.05, 4.69) is 20.4 Å². The minimum Gasteiger partial charge on any atom is -0.430 e. The third-order valence-electron chi connectivity index (χ3n) is 2.91. The SMILES string of the molecule is CCNc1ncc([N+](=O)[O-])c(Oc2c(C)nn(C)c2C)n1. The molecule has 0 fully saturated rings. The molecular formula is C12H16N6O3. The molecule has 0 aliphatic heterocycles. The monoisotopic (exact) mass is 292 g/mol. The Balaban J connectivity index is 2.45. The molecule has 0 amide bonds. The lowest BCUT2D eigenvalue weighted by Gasteiger charge is -2.07. The Morgan fingerprint density at radius 3 is 2.71 bits per heavy atom. The molecule has 2 rings (SSSR count). The maximum absolute atomic E-state index is 11.1. The Morgan fingerprint density at radius 2 is 2.19 bits per heavy atom. The van der Waals surface area contributed by atoms with Crippen LogP contribution in [0.25, 0.3) is 0 Å². The van der Waals surface area contributed by atoms with E-state index < -0.39 is 4.92 Å². The van der Waals surface area contributed by atoms with E-state index in [0.29, 0.717) is 18.0 Å². The summed E-state index contributed by atoms with van der Waals surface area (Å²) < 4.78 is 7.27. The average Bonchev–Trinajstić information content (AvgIpc) is 2.66. The molecule has 9 heteroatoms. The second-order valence-electron chi connectivity index (χ2n) is 4.40. The molecule has 0 saturated carbocycles. The molecule has 21 heavy (non-hydrogen) atoms. The van der Waals surface area contributed by atoms with Crippen molar-refractivity contribution in [3.05, 3.63) is 27.7 Å². The summed E-state index contributed by atoms with van der Waals surface area (Å²) in [5.74, 6) is 0.629. The molecule has 0 atom stereocenters. The van der Waals surface area contributed by atoms with Crippen LogP contribution in [0.4, 0.5) is 11.6 Å². The molecule has 0 radical (unpaired) electrons. The largest absolute Gasteiger partial charge is 0.430 e. The summed E-state index contributed by atoms with van der Waals surface area (Å²) in [4.78, 5) is 18.4. The van der Waals surface area contributed by atoms with E-state index in [1.54, 1.807) is 18.7 Å². The Labute approximate surface area is 121 Å². The first-order valence-corrected chi connectivity index (χ1v) is 6.37. The summed E-state index contributed by atoms with van der Waals surface area (Å²) in [7, 11) is 1.77. The Bertz CT molecular complexity index is 682. The van der Waals surface area contributed by atoms with Crippen molar-refractivity contribution in [1.82, 2.24) is 19.7 Å². The van der Waals surface area contributed by atoms with Gasteiger partial charge in [0.1, 0.15) is 11.9 Å². The zero-order valence-corrected chi connectivity index (χ0v) is 12.2. The second-order valence-corrected chi connectivity index (χ2v) is 4.40. The van der Waals surface area contributed by atoms with Gasteiger partial charge in [0, 0.05) is 13.6 Å². The predicted octanol–water partition coefficient (Wildman–Crippen LogP) is 1.96. The number of nitrogens with zero attached hydrogens (tertiary/aromatic N) is 5. The van der Waals surface area contributed by atoms with Gasteiger partial charge in [-0.05, 0) is 20.8 Å². The molecular weight excluding hydrogens is 276 g/mol. The fraction of sp³-hybridized carbons (Fsp3) is 0.417. The van der Waals surface area contributed by atoms with Gasteiger partial charge in [-0.3, -0.25) is 14.8 Å². The van der Waals surface area contributed by atoms with Crippen molar-refractivity contribution in [2.75, 3.05) is 11.9 Å². The van der Waals surface area contributed by atoms with Gasteiger partial charge in [-0.2, -0.15) is 10.1 Å². The number of ether oxygens (including phenoxy) is 1. The Kier molecular flexibility index (Phi) is 4.01. The van der Waals surface area contributed by atoms with Crippen LogP contribution in [0.15, 0.2) is 6.20 Å². The molecule has 0 bridgehead atoms. The smallest absolute Gasteiger partial charge is 0.349 e. The van der Waals surface area contributed by atoms with Crippen LogP contribution in [0.5, 0.6) is 11.6 Å². The standard InChI is InChI=1S/C12H16N6O3/c1-5-13-12-14-6-9(18(19)20)11(15-12)21-10-7(2)16-17(4)8(10)3/h6H,5H2,1-4H3,(H,13,14,15). The highest BCUT2D eigenvalue weighted by Gasteiger charge is 2.22.